The van der Waals surface area contributed by atoms with Gasteiger partial charge in [-0.05, 0) is 0 Å². The second kappa shape index (κ2) is 8.13. The first-order valence-electron chi connectivity index (χ1n) is 7.78. The Morgan fingerprint density at radius 1 is 0.324 bits per heavy atom. The first kappa shape index (κ1) is 32.7. The van der Waals surface area contributed by atoms with Crippen LogP contribution in [0.1, 0.15) is 6.42 Å². The number of hydrogen-bond donors (Lipinski definition) is 0. The molecule has 206 valence electrons. The first-order chi connectivity index (χ1) is 14.3. The van der Waals surface area contributed by atoms with E-state index in [2.05, 4.69) is 0 Å². The third kappa shape index (κ3) is 3.88. The summed E-state index contributed by atoms with van der Waals surface area (Å²) in [6, 6.07) is -1.17. The lowest BCUT2D eigenvalue weighted by Gasteiger charge is -2.44. The zero-order chi connectivity index (χ0) is 28.4. The largest absolute Gasteiger partial charge is 0.460 e. The summed E-state index contributed by atoms with van der Waals surface area (Å²) in [5.41, 5.74) is 0. The van der Waals surface area contributed by atoms with Crippen molar-refractivity contribution >= 4 is 10.2 Å². The fourth-order valence-electron chi connectivity index (χ4n) is 2.06. The molecule has 0 aromatic rings. The van der Waals surface area contributed by atoms with Crippen LogP contribution in [0.5, 0.6) is 0 Å². The van der Waals surface area contributed by atoms with Crippen LogP contribution >= 0.6 is 0 Å². The minimum absolute atomic E-state index is 0.566. The molecule has 0 atom stereocenters. The lowest BCUT2D eigenvalue weighted by Crippen LogP contribution is -2.76. The molecule has 0 radical (unpaired) electrons. The van der Waals surface area contributed by atoms with Gasteiger partial charge >= 0.3 is 59.5 Å². The quantitative estimate of drug-likeness (QED) is 0.207. The zero-order valence-corrected chi connectivity index (χ0v) is 17.4. The lowest BCUT2D eigenvalue weighted by atomic mass is 9.86. The molecule has 0 aliphatic heterocycles. The lowest BCUT2D eigenvalue weighted by molar-refractivity contribution is -0.474. The van der Waals surface area contributed by atoms with Gasteiger partial charge in [-0.25, -0.2) is 0 Å². The highest BCUT2D eigenvalue weighted by Crippen LogP contribution is 2.66. The monoisotopic (exact) mass is 578 g/mol. The number of halogens is 21. The van der Waals surface area contributed by atoms with Gasteiger partial charge in [0.05, 0.1) is 0 Å². The fraction of sp³-hybridized carbons (Fsp3) is 1.00. The normalized spacial score (nSPS) is 16.9. The van der Waals surface area contributed by atoms with E-state index in [1.807, 2.05) is 0 Å². The molecule has 0 aromatic heterocycles. The van der Waals surface area contributed by atoms with Crippen molar-refractivity contribution in [3.8, 4) is 0 Å². The summed E-state index contributed by atoms with van der Waals surface area (Å²) in [5, 5.41) is 0. The number of alkyl halides is 21. The van der Waals surface area contributed by atoms with Crippen LogP contribution in [0.15, 0.2) is 0 Å². The molecule has 0 saturated carbocycles. The Morgan fingerprint density at radius 3 is 0.735 bits per heavy atom. The van der Waals surface area contributed by atoms with Gasteiger partial charge < -0.3 is 0 Å². The molecule has 0 aliphatic carbocycles. The average Bonchev–Trinajstić information content (AvgIpc) is 2.59. The van der Waals surface area contributed by atoms with Gasteiger partial charge in [0.2, 0.25) is 0 Å². The van der Waals surface area contributed by atoms with Gasteiger partial charge in [-0.1, -0.05) is 6.04 Å². The summed E-state index contributed by atoms with van der Waals surface area (Å²) < 4.78 is 273. The summed E-state index contributed by atoms with van der Waals surface area (Å²) in [6.07, 6.45) is -10.5. The molecule has 0 heterocycles. The Hall–Kier alpha value is -1.25. The second-order valence-corrected chi connectivity index (χ2v) is 7.55. The molecule has 0 rings (SSSR count). The second-order valence-electron chi connectivity index (χ2n) is 6.55. The van der Waals surface area contributed by atoms with Crippen molar-refractivity contribution in [3.05, 3.63) is 0 Å². The Bertz CT molecular complexity index is 731. The van der Waals surface area contributed by atoms with Gasteiger partial charge in [0, 0.05) is 16.7 Å². The van der Waals surface area contributed by atoms with E-state index in [9.17, 15) is 92.2 Å². The van der Waals surface area contributed by atoms with Crippen molar-refractivity contribution in [1.82, 2.24) is 0 Å². The van der Waals surface area contributed by atoms with Crippen LogP contribution in [0, 0.1) is 0 Å². The summed E-state index contributed by atoms with van der Waals surface area (Å²) in [4.78, 5) is 0. The van der Waals surface area contributed by atoms with Crippen molar-refractivity contribution in [2.75, 3.05) is 0 Å². The molecule has 0 aromatic carbocycles. The molecule has 0 amide bonds. The van der Waals surface area contributed by atoms with Crippen LogP contribution in [0.2, 0.25) is 6.04 Å². The third-order valence-corrected chi connectivity index (χ3v) is 4.64. The molecule has 0 unspecified atom stereocenters. The maximum absolute atomic E-state index is 13.4. The summed E-state index contributed by atoms with van der Waals surface area (Å²) in [5.74, 6) is -76.1. The minimum Gasteiger partial charge on any atom is -0.200 e. The van der Waals surface area contributed by atoms with Gasteiger partial charge in [0.25, 0.3) is 0 Å². The summed E-state index contributed by atoms with van der Waals surface area (Å²) in [7, 11) is -0.566. The summed E-state index contributed by atoms with van der Waals surface area (Å²) >= 11 is 0. The van der Waals surface area contributed by atoms with Crippen LogP contribution in [0.25, 0.3) is 0 Å². The van der Waals surface area contributed by atoms with Crippen molar-refractivity contribution in [1.29, 1.82) is 0 Å². The van der Waals surface area contributed by atoms with E-state index in [1.54, 1.807) is 0 Å². The van der Waals surface area contributed by atoms with E-state index in [-0.39, 0.29) is 0 Å². The Balaban J connectivity index is 7.01. The molecular formula is C12H7F21Si. The topological polar surface area (TPSA) is 0 Å². The molecule has 0 fully saturated rings. The molecule has 0 aliphatic rings. The van der Waals surface area contributed by atoms with Crippen molar-refractivity contribution < 1.29 is 92.2 Å². The Kier molecular flexibility index (Phi) is 7.83. The van der Waals surface area contributed by atoms with Crippen LogP contribution in [0.3, 0.4) is 0 Å². The summed E-state index contributed by atoms with van der Waals surface area (Å²) in [6.45, 7) is 0. The van der Waals surface area contributed by atoms with E-state index >= 15 is 0 Å². The minimum atomic E-state index is -9.12. The molecule has 0 bridgehead atoms. The molecule has 0 spiro atoms. The van der Waals surface area contributed by atoms with Crippen molar-refractivity contribution in [3.63, 3.8) is 0 Å². The standard InChI is InChI=1S/C12H7F21Si/c13-3(14,1-2-34)4(15,16)5(17,18)6(19,20)7(21,22)8(23,24)9(25,26)10(27,28)11(29,30)12(31,32)33/h1-2H2,34H3. The van der Waals surface area contributed by atoms with Crippen LogP contribution in [0.4, 0.5) is 92.2 Å². The van der Waals surface area contributed by atoms with Gasteiger partial charge in [-0.3, -0.25) is 0 Å². The van der Waals surface area contributed by atoms with E-state index in [0.717, 1.165) is 0 Å². The molecular weight excluding hydrogens is 571 g/mol. The Morgan fingerprint density at radius 2 is 0.529 bits per heavy atom. The van der Waals surface area contributed by atoms with Crippen LogP contribution < -0.4 is 0 Å². The third-order valence-electron chi connectivity index (χ3n) is 4.14. The number of rotatable bonds is 10. The van der Waals surface area contributed by atoms with E-state index in [4.69, 9.17) is 0 Å². The van der Waals surface area contributed by atoms with Gasteiger partial charge in [-0.2, -0.15) is 92.2 Å². The van der Waals surface area contributed by atoms with E-state index < -0.39 is 82.2 Å². The van der Waals surface area contributed by atoms with Gasteiger partial charge in [0.1, 0.15) is 0 Å². The highest BCUT2D eigenvalue weighted by molar-refractivity contribution is 6.08. The SMILES string of the molecule is FC(F)(F)C(F)(F)C(F)(F)C(F)(F)C(F)(F)C(F)(F)C(F)(F)C(F)(F)C(F)(F)C(F)(F)CC[SiH3]. The fourth-order valence-corrected chi connectivity index (χ4v) is 2.69. The molecule has 22 heteroatoms. The highest BCUT2D eigenvalue weighted by Gasteiger charge is 2.97. The van der Waals surface area contributed by atoms with Crippen molar-refractivity contribution in [2.24, 2.45) is 0 Å². The maximum atomic E-state index is 13.4. The van der Waals surface area contributed by atoms with Crippen molar-refractivity contribution in [2.45, 2.75) is 71.9 Å². The maximum Gasteiger partial charge on any atom is 0.460 e. The Labute approximate surface area is 175 Å². The van der Waals surface area contributed by atoms with Crippen LogP contribution in [-0.2, 0) is 0 Å². The van der Waals surface area contributed by atoms with Crippen LogP contribution in [-0.4, -0.2) is 69.7 Å². The predicted molar refractivity (Wildman–Crippen MR) is 69.9 cm³/mol. The molecule has 0 N–H and O–H groups in total. The zero-order valence-electron chi connectivity index (χ0n) is 15.4. The number of hydrogen-bond acceptors (Lipinski definition) is 0. The first-order valence-corrected chi connectivity index (χ1v) is 9.19. The molecule has 0 nitrogen and oxygen atoms in total. The molecule has 0 saturated heterocycles. The highest BCUT2D eigenvalue weighted by atomic mass is 28.1. The average molecular weight is 578 g/mol. The van der Waals surface area contributed by atoms with Gasteiger partial charge in [-0.15, -0.1) is 0 Å². The van der Waals surface area contributed by atoms with E-state index in [0.29, 0.717) is 0 Å². The predicted octanol–water partition coefficient (Wildman–Crippen LogP) is 6.44. The molecule has 34 heavy (non-hydrogen) atoms. The van der Waals surface area contributed by atoms with E-state index in [1.165, 1.54) is 0 Å². The smallest absolute Gasteiger partial charge is 0.200 e. The van der Waals surface area contributed by atoms with Gasteiger partial charge in [0.15, 0.2) is 0 Å².